The molecule has 6 heteroatoms. The van der Waals surface area contributed by atoms with Gasteiger partial charge in [0, 0.05) is 5.56 Å². The van der Waals surface area contributed by atoms with Crippen LogP contribution in [0.4, 0.5) is 4.39 Å². The van der Waals surface area contributed by atoms with Crippen molar-refractivity contribution < 1.29 is 9.50 Å². The molecule has 1 heterocycles. The summed E-state index contributed by atoms with van der Waals surface area (Å²) in [6.07, 6.45) is 3.11. The topological polar surface area (TPSA) is 74.7 Å². The van der Waals surface area contributed by atoms with Crippen LogP contribution in [-0.4, -0.2) is 25.7 Å². The van der Waals surface area contributed by atoms with E-state index in [1.54, 1.807) is 6.07 Å². The first-order valence-electron chi connectivity index (χ1n) is 6.44. The van der Waals surface area contributed by atoms with Gasteiger partial charge in [-0.05, 0) is 34.5 Å². The molecular weight excluding hydrogens is 247 g/mol. The normalized spacial score (nSPS) is 12.6. The highest BCUT2D eigenvalue weighted by Crippen LogP contribution is 2.29. The molecule has 5 nitrogen and oxygen atoms in total. The molecule has 0 amide bonds. The smallest absolute Gasteiger partial charge is 0.179 e. The highest BCUT2D eigenvalue weighted by atomic mass is 19.1. The highest BCUT2D eigenvalue weighted by molar-refractivity contribution is 5.60. The molecule has 0 saturated carbocycles. The molecule has 2 aromatic rings. The number of aromatic amines is 1. The Balaban J connectivity index is 2.24. The third kappa shape index (κ3) is 3.35. The van der Waals surface area contributed by atoms with Crippen molar-refractivity contribution in [2.24, 2.45) is 0 Å². The van der Waals surface area contributed by atoms with E-state index in [-0.39, 0.29) is 5.82 Å². The Bertz CT molecular complexity index is 515. The number of unbranched alkanes of at least 4 members (excludes halogenated alkanes) is 2. The Hall–Kier alpha value is -1.82. The van der Waals surface area contributed by atoms with E-state index in [4.69, 9.17) is 0 Å². The summed E-state index contributed by atoms with van der Waals surface area (Å²) in [7, 11) is 0. The first-order chi connectivity index (χ1) is 9.22. The van der Waals surface area contributed by atoms with E-state index in [0.717, 1.165) is 19.3 Å². The number of rotatable bonds is 6. The van der Waals surface area contributed by atoms with Gasteiger partial charge in [0.15, 0.2) is 5.82 Å². The molecule has 102 valence electrons. The standard InChI is InChI=1S/C13H17FN4O/c1-2-3-4-5-12(19)10-7-6-9(14)8-11(10)13-15-17-18-16-13/h6-8,12,19H,2-5H2,1H3,(H,15,16,17,18). The maximum absolute atomic E-state index is 13.3. The number of tetrazole rings is 1. The van der Waals surface area contributed by atoms with Crippen molar-refractivity contribution >= 4 is 0 Å². The molecule has 2 rings (SSSR count). The van der Waals surface area contributed by atoms with Crippen LogP contribution in [0.25, 0.3) is 11.4 Å². The van der Waals surface area contributed by atoms with E-state index < -0.39 is 6.10 Å². The molecule has 0 aliphatic heterocycles. The molecule has 19 heavy (non-hydrogen) atoms. The Morgan fingerprint density at radius 3 is 2.89 bits per heavy atom. The minimum Gasteiger partial charge on any atom is -0.388 e. The van der Waals surface area contributed by atoms with Gasteiger partial charge in [-0.3, -0.25) is 0 Å². The zero-order valence-corrected chi connectivity index (χ0v) is 10.8. The summed E-state index contributed by atoms with van der Waals surface area (Å²) in [6, 6.07) is 4.26. The molecule has 0 bridgehead atoms. The van der Waals surface area contributed by atoms with Crippen molar-refractivity contribution in [3.63, 3.8) is 0 Å². The SMILES string of the molecule is CCCCCC(O)c1ccc(F)cc1-c1nnn[nH]1. The Morgan fingerprint density at radius 1 is 1.37 bits per heavy atom. The largest absolute Gasteiger partial charge is 0.388 e. The fourth-order valence-corrected chi connectivity index (χ4v) is 2.04. The van der Waals surface area contributed by atoms with Gasteiger partial charge in [0.25, 0.3) is 0 Å². The van der Waals surface area contributed by atoms with E-state index in [9.17, 15) is 9.50 Å². The maximum atomic E-state index is 13.3. The zero-order valence-electron chi connectivity index (χ0n) is 10.8. The molecule has 0 radical (unpaired) electrons. The maximum Gasteiger partial charge on any atom is 0.179 e. The summed E-state index contributed by atoms with van der Waals surface area (Å²) in [5.74, 6) is -0.0139. The van der Waals surface area contributed by atoms with Crippen LogP contribution in [0.15, 0.2) is 18.2 Å². The molecule has 1 aromatic heterocycles. The number of hydrogen-bond acceptors (Lipinski definition) is 4. The summed E-state index contributed by atoms with van der Waals surface area (Å²) in [5.41, 5.74) is 1.16. The van der Waals surface area contributed by atoms with Crippen molar-refractivity contribution in [2.75, 3.05) is 0 Å². The second-order valence-corrected chi connectivity index (χ2v) is 4.49. The monoisotopic (exact) mass is 264 g/mol. The number of H-pyrrole nitrogens is 1. The molecule has 0 spiro atoms. The van der Waals surface area contributed by atoms with E-state index >= 15 is 0 Å². The molecule has 1 unspecified atom stereocenters. The van der Waals surface area contributed by atoms with Gasteiger partial charge in [-0.1, -0.05) is 32.3 Å². The number of hydrogen-bond donors (Lipinski definition) is 2. The van der Waals surface area contributed by atoms with Gasteiger partial charge >= 0.3 is 0 Å². The Kier molecular flexibility index (Phi) is 4.57. The molecule has 1 aromatic carbocycles. The van der Waals surface area contributed by atoms with Crippen molar-refractivity contribution in [3.8, 4) is 11.4 Å². The number of nitrogens with one attached hydrogen (secondary N) is 1. The van der Waals surface area contributed by atoms with Gasteiger partial charge in [-0.2, -0.15) is 0 Å². The van der Waals surface area contributed by atoms with Crippen LogP contribution in [-0.2, 0) is 0 Å². The van der Waals surface area contributed by atoms with Gasteiger partial charge in [-0.25, -0.2) is 9.49 Å². The predicted molar refractivity (Wildman–Crippen MR) is 68.7 cm³/mol. The van der Waals surface area contributed by atoms with E-state index in [1.165, 1.54) is 12.1 Å². The van der Waals surface area contributed by atoms with E-state index in [1.807, 2.05) is 0 Å². The molecule has 0 fully saturated rings. The number of benzene rings is 1. The van der Waals surface area contributed by atoms with Crippen LogP contribution < -0.4 is 0 Å². The van der Waals surface area contributed by atoms with Gasteiger partial charge < -0.3 is 5.11 Å². The molecular formula is C13H17FN4O. The lowest BCUT2D eigenvalue weighted by atomic mass is 9.97. The minimum atomic E-state index is -0.632. The van der Waals surface area contributed by atoms with Crippen LogP contribution in [0.5, 0.6) is 0 Å². The molecule has 0 aliphatic carbocycles. The quantitative estimate of drug-likeness (QED) is 0.786. The van der Waals surface area contributed by atoms with Crippen LogP contribution in [0.1, 0.15) is 44.3 Å². The Labute approximate surface area is 110 Å². The van der Waals surface area contributed by atoms with Crippen LogP contribution in [0.3, 0.4) is 0 Å². The highest BCUT2D eigenvalue weighted by Gasteiger charge is 2.16. The third-order valence-corrected chi connectivity index (χ3v) is 3.06. The second-order valence-electron chi connectivity index (χ2n) is 4.49. The average molecular weight is 264 g/mol. The number of halogens is 1. The molecule has 1 atom stereocenters. The van der Waals surface area contributed by atoms with Gasteiger partial charge in [0.1, 0.15) is 5.82 Å². The lowest BCUT2D eigenvalue weighted by Crippen LogP contribution is -2.01. The summed E-state index contributed by atoms with van der Waals surface area (Å²) < 4.78 is 13.3. The molecule has 0 saturated heterocycles. The molecule has 2 N–H and O–H groups in total. The summed E-state index contributed by atoms with van der Waals surface area (Å²) in [5, 5.41) is 23.5. The Morgan fingerprint density at radius 2 is 2.21 bits per heavy atom. The van der Waals surface area contributed by atoms with Crippen LogP contribution >= 0.6 is 0 Å². The van der Waals surface area contributed by atoms with Crippen molar-refractivity contribution in [1.29, 1.82) is 0 Å². The molecule has 0 aliphatic rings. The number of aromatic nitrogens is 4. The lowest BCUT2D eigenvalue weighted by Gasteiger charge is -2.14. The second kappa shape index (κ2) is 6.38. The predicted octanol–water partition coefficient (Wildman–Crippen LogP) is 2.62. The van der Waals surface area contributed by atoms with E-state index in [0.29, 0.717) is 23.4 Å². The first-order valence-corrected chi connectivity index (χ1v) is 6.44. The summed E-state index contributed by atoms with van der Waals surface area (Å²) in [6.45, 7) is 2.11. The fraction of sp³-hybridized carbons (Fsp3) is 0.462. The van der Waals surface area contributed by atoms with Crippen LogP contribution in [0, 0.1) is 5.82 Å². The number of aliphatic hydroxyl groups is 1. The summed E-state index contributed by atoms with van der Waals surface area (Å²) in [4.78, 5) is 0. The van der Waals surface area contributed by atoms with Crippen molar-refractivity contribution in [2.45, 2.75) is 38.7 Å². The van der Waals surface area contributed by atoms with Crippen LogP contribution in [0.2, 0.25) is 0 Å². The minimum absolute atomic E-state index is 0.365. The number of aliphatic hydroxyl groups excluding tert-OH is 1. The zero-order chi connectivity index (χ0) is 13.7. The lowest BCUT2D eigenvalue weighted by molar-refractivity contribution is 0.164. The van der Waals surface area contributed by atoms with E-state index in [2.05, 4.69) is 27.5 Å². The first kappa shape index (κ1) is 13.6. The van der Waals surface area contributed by atoms with Gasteiger partial charge in [-0.15, -0.1) is 5.10 Å². The van der Waals surface area contributed by atoms with Crippen molar-refractivity contribution in [1.82, 2.24) is 20.6 Å². The van der Waals surface area contributed by atoms with Crippen molar-refractivity contribution in [3.05, 3.63) is 29.6 Å². The van der Waals surface area contributed by atoms with Gasteiger partial charge in [0.05, 0.1) is 6.10 Å². The number of nitrogens with zero attached hydrogens (tertiary/aromatic N) is 3. The van der Waals surface area contributed by atoms with Gasteiger partial charge in [0.2, 0.25) is 0 Å². The third-order valence-electron chi connectivity index (χ3n) is 3.06. The average Bonchev–Trinajstić information content (AvgIpc) is 2.92. The fourth-order valence-electron chi connectivity index (χ4n) is 2.04. The summed E-state index contributed by atoms with van der Waals surface area (Å²) >= 11 is 0.